The number of likely N-dealkylation sites (tertiary alicyclic amines) is 1. The highest BCUT2D eigenvalue weighted by molar-refractivity contribution is 7.90. The lowest BCUT2D eigenvalue weighted by Gasteiger charge is -2.63. The number of carbonyl (C=O) groups is 1. The number of nitro benzene ring substituents is 1. The van der Waals surface area contributed by atoms with Gasteiger partial charge in [0, 0.05) is 112 Å². The van der Waals surface area contributed by atoms with Gasteiger partial charge in [-0.1, -0.05) is 50.2 Å². The van der Waals surface area contributed by atoms with Gasteiger partial charge in [0.1, 0.15) is 56.0 Å². The summed E-state index contributed by atoms with van der Waals surface area (Å²) in [5.74, 6) is 1.02. The van der Waals surface area contributed by atoms with Gasteiger partial charge in [0.15, 0.2) is 0 Å². The largest absolute Gasteiger partial charge is 0.497 e. The molecule has 19 nitrogen and oxygen atoms in total. The molecule has 21 heteroatoms. The highest BCUT2D eigenvalue weighted by atomic mass is 32.2. The second-order valence-corrected chi connectivity index (χ2v) is 23.6. The number of benzene rings is 3. The molecule has 4 fully saturated rings. The van der Waals surface area contributed by atoms with Crippen LogP contribution in [0.2, 0.25) is 0 Å². The van der Waals surface area contributed by atoms with Crippen LogP contribution in [-0.2, 0) is 16.6 Å². The summed E-state index contributed by atoms with van der Waals surface area (Å²) in [5.41, 5.74) is 1.92. The summed E-state index contributed by atoms with van der Waals surface area (Å²) in [6, 6.07) is 24.2. The molecule has 4 aliphatic rings. The topological polar surface area (TPSA) is 220 Å². The van der Waals surface area contributed by atoms with E-state index < -0.39 is 37.1 Å². The zero-order chi connectivity index (χ0) is 53.8. The van der Waals surface area contributed by atoms with Gasteiger partial charge in [-0.2, -0.15) is 0 Å². The lowest BCUT2D eigenvalue weighted by Crippen LogP contribution is -2.68. The first-order valence-corrected chi connectivity index (χ1v) is 27.9. The van der Waals surface area contributed by atoms with Crippen LogP contribution in [-0.4, -0.2) is 136 Å². The number of ether oxygens (including phenoxy) is 2. The number of piperazine rings is 1. The Balaban J connectivity index is 0.813. The summed E-state index contributed by atoms with van der Waals surface area (Å²) >= 11 is 0. The summed E-state index contributed by atoms with van der Waals surface area (Å²) in [7, 11) is -3.17. The van der Waals surface area contributed by atoms with E-state index in [4.69, 9.17) is 14.5 Å². The van der Waals surface area contributed by atoms with E-state index in [0.717, 1.165) is 69.3 Å². The van der Waals surface area contributed by atoms with Crippen LogP contribution < -0.4 is 24.4 Å². The quantitative estimate of drug-likeness (QED) is 0.0494. The molecule has 1 unspecified atom stereocenters. The molecule has 3 aromatic carbocycles. The number of carbonyl (C=O) groups excluding carboxylic acids is 1. The molecule has 404 valence electrons. The zero-order valence-electron chi connectivity index (χ0n) is 44.0. The predicted molar refractivity (Wildman–Crippen MR) is 292 cm³/mol. The number of amides is 1. The van der Waals surface area contributed by atoms with Crippen molar-refractivity contribution in [3.05, 3.63) is 130 Å². The molecule has 1 amide bonds. The normalized spacial score (nSPS) is 19.2. The van der Waals surface area contributed by atoms with Crippen molar-refractivity contribution in [2.24, 2.45) is 5.41 Å². The fraction of sp³-hybridized carbons (Fsp3) is 0.429. The van der Waals surface area contributed by atoms with Crippen LogP contribution in [0.1, 0.15) is 92.4 Å². The van der Waals surface area contributed by atoms with Crippen molar-refractivity contribution in [3.63, 3.8) is 0 Å². The third-order valence-electron chi connectivity index (χ3n) is 16.3. The van der Waals surface area contributed by atoms with E-state index in [2.05, 4.69) is 99.8 Å². The van der Waals surface area contributed by atoms with Crippen LogP contribution in [0.25, 0.3) is 22.1 Å². The molecule has 3 aliphatic heterocycles. The molecule has 0 bridgehead atoms. The molecule has 1 atom stereocenters. The summed E-state index contributed by atoms with van der Waals surface area (Å²) in [5, 5.41) is 16.3. The van der Waals surface area contributed by atoms with Gasteiger partial charge in [0.2, 0.25) is 0 Å². The Morgan fingerprint density at radius 2 is 1.70 bits per heavy atom. The van der Waals surface area contributed by atoms with Gasteiger partial charge in [-0.3, -0.25) is 24.7 Å². The standard InChI is InChI=1S/C56H65FN12O7S/c1-35(2)42-8-6-7-9-43(42)46-30-65(29-37-10-12-40(75-5)13-11-37)20-21-68(46)39-25-55(26-39)32-67(33-55)49-24-47(76-41-22-38-14-17-58-53(38)60-27-41)44(28-59-49)54(70)64-77(73,74)48-23-45(69(71)72)50(52-51(48)62-34-63-52)61-31-56(57)15-18-66(19-16-56)36(3)4/h6-14,17,22-24,27-28,34-36,39,46,61H,15-16,18-21,25-26,29-33H2,1-5H3,(H,58,60)(H,62,63)(H,64,70). The first-order valence-electron chi connectivity index (χ1n) is 26.4. The van der Waals surface area contributed by atoms with E-state index in [1.807, 2.05) is 32.0 Å². The van der Waals surface area contributed by atoms with Crippen molar-refractivity contribution >= 4 is 55.2 Å². The number of fused-ring (bicyclic) bond motifs is 2. The Hall–Kier alpha value is -7.20. The number of nitrogens with zero attached hydrogens (tertiary/aromatic N) is 8. The number of sulfonamides is 1. The number of H-pyrrole nitrogens is 2. The number of hydrogen-bond donors (Lipinski definition) is 4. The van der Waals surface area contributed by atoms with Crippen LogP contribution in [0.3, 0.4) is 0 Å². The van der Waals surface area contributed by atoms with Crippen LogP contribution in [0.5, 0.6) is 17.2 Å². The second-order valence-electron chi connectivity index (χ2n) is 22.0. The molecule has 3 saturated heterocycles. The average molecular weight is 1070 g/mol. The average Bonchev–Trinajstić information content (AvgIpc) is 4.11. The number of hydrogen-bond acceptors (Lipinski definition) is 15. The fourth-order valence-electron chi connectivity index (χ4n) is 12.0. The Kier molecular flexibility index (Phi) is 13.9. The van der Waals surface area contributed by atoms with Gasteiger partial charge in [-0.05, 0) is 86.4 Å². The highest BCUT2D eigenvalue weighted by Gasteiger charge is 2.55. The summed E-state index contributed by atoms with van der Waals surface area (Å²) in [6.07, 6.45) is 8.21. The zero-order valence-corrected chi connectivity index (χ0v) is 44.8. The number of aromatic nitrogens is 5. The second kappa shape index (κ2) is 20.6. The third-order valence-corrected chi connectivity index (χ3v) is 17.6. The molecule has 7 aromatic rings. The number of piperidine rings is 1. The first kappa shape index (κ1) is 51.9. The summed E-state index contributed by atoms with van der Waals surface area (Å²) < 4.78 is 58.6. The van der Waals surface area contributed by atoms with Crippen LogP contribution in [0.15, 0.2) is 103 Å². The summed E-state index contributed by atoms with van der Waals surface area (Å²) in [4.78, 5) is 54.4. The third kappa shape index (κ3) is 10.4. The van der Waals surface area contributed by atoms with Gasteiger partial charge in [0.25, 0.3) is 21.6 Å². The molecule has 7 heterocycles. The Bertz CT molecular complexity index is 3440. The maximum absolute atomic E-state index is 16.1. The monoisotopic (exact) mass is 1070 g/mol. The Labute approximate surface area is 446 Å². The maximum atomic E-state index is 16.1. The van der Waals surface area contributed by atoms with E-state index in [1.165, 1.54) is 35.4 Å². The molecule has 4 aromatic heterocycles. The highest BCUT2D eigenvalue weighted by Crippen LogP contribution is 2.53. The number of nitrogens with one attached hydrogen (secondary N) is 4. The van der Waals surface area contributed by atoms with Gasteiger partial charge in [-0.25, -0.2) is 32.5 Å². The van der Waals surface area contributed by atoms with Crippen molar-refractivity contribution in [3.8, 4) is 17.2 Å². The van der Waals surface area contributed by atoms with Gasteiger partial charge in [-0.15, -0.1) is 0 Å². The Morgan fingerprint density at radius 3 is 2.43 bits per heavy atom. The molecule has 4 N–H and O–H groups in total. The number of methoxy groups -OCH3 is 1. The molecule has 1 spiro atoms. The fourth-order valence-corrected chi connectivity index (χ4v) is 13.2. The number of alkyl halides is 1. The number of pyridine rings is 2. The van der Waals surface area contributed by atoms with Crippen LogP contribution in [0, 0.1) is 15.5 Å². The minimum Gasteiger partial charge on any atom is -0.497 e. The van der Waals surface area contributed by atoms with E-state index in [1.54, 1.807) is 25.4 Å². The SMILES string of the molecule is COc1ccc(CN2CCN(C3CC4(C3)CN(c3cc(Oc5cnc6[nH]ccc6c5)c(C(=O)NS(=O)(=O)c5cc([N+](=O)[O-])c(NCC6(F)CCN(C(C)C)CC6)c6[nH]cnc56)cn3)C4)C(c3ccccc3C(C)C)C2)cc1. The van der Waals surface area contributed by atoms with E-state index in [9.17, 15) is 23.3 Å². The summed E-state index contributed by atoms with van der Waals surface area (Å²) in [6.45, 7) is 14.6. The number of nitro groups is 1. The molecule has 11 rings (SSSR count). The van der Waals surface area contributed by atoms with Gasteiger partial charge >= 0.3 is 0 Å². The maximum Gasteiger partial charge on any atom is 0.296 e. The molecular formula is C56H65FN12O7S. The van der Waals surface area contributed by atoms with Gasteiger partial charge < -0.3 is 34.6 Å². The van der Waals surface area contributed by atoms with Crippen molar-refractivity contribution in [2.75, 3.05) is 69.7 Å². The van der Waals surface area contributed by atoms with Crippen molar-refractivity contribution in [2.45, 2.75) is 94.5 Å². The van der Waals surface area contributed by atoms with Crippen LogP contribution >= 0.6 is 0 Å². The number of rotatable bonds is 17. The lowest BCUT2D eigenvalue weighted by atomic mass is 9.60. The van der Waals surface area contributed by atoms with Crippen molar-refractivity contribution in [1.82, 2.24) is 44.3 Å². The predicted octanol–water partition coefficient (Wildman–Crippen LogP) is 8.94. The van der Waals surface area contributed by atoms with Crippen molar-refractivity contribution in [1.29, 1.82) is 0 Å². The minimum atomic E-state index is -4.86. The molecule has 0 radical (unpaired) electrons. The van der Waals surface area contributed by atoms with E-state index >= 15 is 4.39 Å². The van der Waals surface area contributed by atoms with E-state index in [-0.39, 0.29) is 64.9 Å². The molecule has 1 aliphatic carbocycles. The lowest BCUT2D eigenvalue weighted by molar-refractivity contribution is -0.384. The van der Waals surface area contributed by atoms with Gasteiger partial charge in [0.05, 0.1) is 30.1 Å². The smallest absolute Gasteiger partial charge is 0.296 e. The first-order chi connectivity index (χ1) is 37.0. The van der Waals surface area contributed by atoms with Crippen molar-refractivity contribution < 1.29 is 32.0 Å². The number of imidazole rings is 1. The van der Waals surface area contributed by atoms with E-state index in [0.29, 0.717) is 42.3 Å². The van der Waals surface area contributed by atoms with Crippen LogP contribution in [0.4, 0.5) is 21.6 Å². The molecule has 1 saturated carbocycles. The number of aromatic amines is 2. The number of halogens is 1. The minimum absolute atomic E-state index is 0.0253. The number of anilines is 2. The molecular weight excluding hydrogens is 1000 g/mol. The Morgan fingerprint density at radius 1 is 0.935 bits per heavy atom. The molecule has 77 heavy (non-hydrogen) atoms.